The van der Waals surface area contributed by atoms with Gasteiger partial charge in [-0.15, -0.1) is 6.42 Å². The number of terminal acetylenes is 1. The number of carbonyl (C=O) groups is 1. The molecule has 19 heavy (non-hydrogen) atoms. The molecule has 1 aliphatic heterocycles. The summed E-state index contributed by atoms with van der Waals surface area (Å²) < 4.78 is 0. The van der Waals surface area contributed by atoms with Crippen LogP contribution in [0.1, 0.15) is 34.3 Å². The Morgan fingerprint density at radius 3 is 2.89 bits per heavy atom. The van der Waals surface area contributed by atoms with Crippen molar-refractivity contribution in [1.29, 1.82) is 0 Å². The number of amides is 1. The van der Waals surface area contributed by atoms with Crippen molar-refractivity contribution in [3.8, 4) is 12.3 Å². The van der Waals surface area contributed by atoms with Crippen LogP contribution in [0.5, 0.6) is 0 Å². The van der Waals surface area contributed by atoms with Gasteiger partial charge in [0.15, 0.2) is 0 Å². The van der Waals surface area contributed by atoms with E-state index in [1.54, 1.807) is 0 Å². The number of hydrogen-bond donors (Lipinski definition) is 1. The predicted octanol–water partition coefficient (Wildman–Crippen LogP) is 1.78. The first kappa shape index (κ1) is 12.3. The SMILES string of the molecule is C#CCN(CC1CC1)C(=O)c1ccc2c(c1)CNC2. The average Bonchev–Trinajstić information content (AvgIpc) is 3.11. The standard InChI is InChI=1S/C16H18N2O/c1-2-7-18(11-12-3-4-12)16(19)13-5-6-14-9-17-10-15(14)8-13/h1,5-6,8,12,17H,3-4,7,9-11H2. The quantitative estimate of drug-likeness (QED) is 0.831. The summed E-state index contributed by atoms with van der Waals surface area (Å²) in [6.45, 7) is 2.97. The second-order valence-corrected chi connectivity index (χ2v) is 5.42. The van der Waals surface area contributed by atoms with Gasteiger partial charge in [-0.1, -0.05) is 12.0 Å². The Hall–Kier alpha value is -1.79. The number of hydrogen-bond acceptors (Lipinski definition) is 2. The number of nitrogens with one attached hydrogen (secondary N) is 1. The van der Waals surface area contributed by atoms with Crippen molar-refractivity contribution in [2.45, 2.75) is 25.9 Å². The van der Waals surface area contributed by atoms with Gasteiger partial charge in [0.05, 0.1) is 6.54 Å². The zero-order valence-corrected chi connectivity index (χ0v) is 11.0. The summed E-state index contributed by atoms with van der Waals surface area (Å²) >= 11 is 0. The number of nitrogens with zero attached hydrogens (tertiary/aromatic N) is 1. The van der Waals surface area contributed by atoms with Crippen molar-refractivity contribution in [2.75, 3.05) is 13.1 Å². The van der Waals surface area contributed by atoms with Crippen LogP contribution in [-0.2, 0) is 13.1 Å². The van der Waals surface area contributed by atoms with E-state index in [2.05, 4.69) is 11.2 Å². The van der Waals surface area contributed by atoms with Crippen molar-refractivity contribution < 1.29 is 4.79 Å². The third-order valence-electron chi connectivity index (χ3n) is 3.83. The average molecular weight is 254 g/mol. The highest BCUT2D eigenvalue weighted by atomic mass is 16.2. The van der Waals surface area contributed by atoms with Crippen molar-refractivity contribution in [2.24, 2.45) is 5.92 Å². The van der Waals surface area contributed by atoms with Crippen LogP contribution >= 0.6 is 0 Å². The molecule has 0 atom stereocenters. The van der Waals surface area contributed by atoms with E-state index >= 15 is 0 Å². The molecule has 1 saturated carbocycles. The second-order valence-electron chi connectivity index (χ2n) is 5.42. The fourth-order valence-electron chi connectivity index (χ4n) is 2.55. The lowest BCUT2D eigenvalue weighted by molar-refractivity contribution is 0.0769. The van der Waals surface area contributed by atoms with Gasteiger partial charge >= 0.3 is 0 Å². The third kappa shape index (κ3) is 2.64. The van der Waals surface area contributed by atoms with Crippen LogP contribution in [-0.4, -0.2) is 23.9 Å². The Kier molecular flexibility index (Phi) is 3.27. The van der Waals surface area contributed by atoms with Crippen LogP contribution < -0.4 is 5.32 Å². The van der Waals surface area contributed by atoms with Crippen molar-refractivity contribution in [1.82, 2.24) is 10.2 Å². The summed E-state index contributed by atoms with van der Waals surface area (Å²) in [6, 6.07) is 5.98. The molecule has 3 nitrogen and oxygen atoms in total. The van der Waals surface area contributed by atoms with Gasteiger partial charge in [-0.05, 0) is 42.0 Å². The summed E-state index contributed by atoms with van der Waals surface area (Å²) in [5.41, 5.74) is 3.29. The van der Waals surface area contributed by atoms with Crippen LogP contribution in [0.2, 0.25) is 0 Å². The largest absolute Gasteiger partial charge is 0.327 e. The van der Waals surface area contributed by atoms with Crippen molar-refractivity contribution >= 4 is 5.91 Å². The Morgan fingerprint density at radius 2 is 2.16 bits per heavy atom. The molecule has 3 heteroatoms. The smallest absolute Gasteiger partial charge is 0.254 e. The Labute approximate surface area is 114 Å². The van der Waals surface area contributed by atoms with Gasteiger partial charge in [0, 0.05) is 25.2 Å². The summed E-state index contributed by atoms with van der Waals surface area (Å²) in [4.78, 5) is 14.3. The number of benzene rings is 1. The van der Waals surface area contributed by atoms with Crippen LogP contribution in [0.25, 0.3) is 0 Å². The lowest BCUT2D eigenvalue weighted by Gasteiger charge is -2.20. The molecule has 2 aliphatic rings. The highest BCUT2D eigenvalue weighted by molar-refractivity contribution is 5.94. The van der Waals surface area contributed by atoms with Gasteiger partial charge in [0.2, 0.25) is 0 Å². The van der Waals surface area contributed by atoms with Crippen molar-refractivity contribution in [3.05, 3.63) is 34.9 Å². The number of carbonyl (C=O) groups excluding carboxylic acids is 1. The van der Waals surface area contributed by atoms with Gasteiger partial charge in [0.25, 0.3) is 5.91 Å². The van der Waals surface area contributed by atoms with E-state index in [0.29, 0.717) is 12.5 Å². The maximum atomic E-state index is 12.5. The summed E-state index contributed by atoms with van der Waals surface area (Å²) in [7, 11) is 0. The highest BCUT2D eigenvalue weighted by Gasteiger charge is 2.27. The van der Waals surface area contributed by atoms with Crippen molar-refractivity contribution in [3.63, 3.8) is 0 Å². The van der Waals surface area contributed by atoms with E-state index in [0.717, 1.165) is 25.2 Å². The molecule has 0 unspecified atom stereocenters. The molecule has 1 N–H and O–H groups in total. The van der Waals surface area contributed by atoms with Gasteiger partial charge in [-0.25, -0.2) is 0 Å². The van der Waals surface area contributed by atoms with E-state index in [1.807, 2.05) is 23.1 Å². The molecular formula is C16H18N2O. The highest BCUT2D eigenvalue weighted by Crippen LogP contribution is 2.30. The zero-order valence-electron chi connectivity index (χ0n) is 11.0. The van der Waals surface area contributed by atoms with Crippen LogP contribution in [0.4, 0.5) is 0 Å². The maximum absolute atomic E-state index is 12.5. The summed E-state index contributed by atoms with van der Waals surface area (Å²) in [5, 5.41) is 3.29. The van der Waals surface area contributed by atoms with Crippen LogP contribution in [0.15, 0.2) is 18.2 Å². The fourth-order valence-corrected chi connectivity index (χ4v) is 2.55. The lowest BCUT2D eigenvalue weighted by Crippen LogP contribution is -2.33. The molecule has 1 fully saturated rings. The summed E-state index contributed by atoms with van der Waals surface area (Å²) in [5.74, 6) is 3.33. The number of rotatable bonds is 4. The van der Waals surface area contributed by atoms with Gasteiger partial charge < -0.3 is 10.2 Å². The number of fused-ring (bicyclic) bond motifs is 1. The van der Waals surface area contributed by atoms with E-state index in [-0.39, 0.29) is 5.91 Å². The first-order valence-electron chi connectivity index (χ1n) is 6.83. The molecule has 0 saturated heterocycles. The lowest BCUT2D eigenvalue weighted by atomic mass is 10.1. The van der Waals surface area contributed by atoms with Gasteiger partial charge in [0.1, 0.15) is 0 Å². The van der Waals surface area contributed by atoms with Crippen LogP contribution in [0.3, 0.4) is 0 Å². The molecule has 1 amide bonds. The van der Waals surface area contributed by atoms with E-state index in [9.17, 15) is 4.79 Å². The first-order valence-corrected chi connectivity index (χ1v) is 6.83. The van der Waals surface area contributed by atoms with Gasteiger partial charge in [-0.3, -0.25) is 4.79 Å². The van der Waals surface area contributed by atoms with E-state index in [4.69, 9.17) is 6.42 Å². The van der Waals surface area contributed by atoms with E-state index in [1.165, 1.54) is 24.0 Å². The molecule has 1 heterocycles. The molecule has 0 radical (unpaired) electrons. The zero-order chi connectivity index (χ0) is 13.2. The molecule has 98 valence electrons. The van der Waals surface area contributed by atoms with Gasteiger partial charge in [-0.2, -0.15) is 0 Å². The Morgan fingerprint density at radius 1 is 1.37 bits per heavy atom. The minimum Gasteiger partial charge on any atom is -0.327 e. The normalized spacial score (nSPS) is 16.8. The maximum Gasteiger partial charge on any atom is 0.254 e. The minimum absolute atomic E-state index is 0.0690. The Balaban J connectivity index is 1.78. The fraction of sp³-hybridized carbons (Fsp3) is 0.438. The molecule has 3 rings (SSSR count). The van der Waals surface area contributed by atoms with Crippen LogP contribution in [0, 0.1) is 18.3 Å². The molecule has 1 aromatic rings. The molecule has 1 aromatic carbocycles. The third-order valence-corrected chi connectivity index (χ3v) is 3.83. The second kappa shape index (κ2) is 5.07. The van der Waals surface area contributed by atoms with E-state index < -0.39 is 0 Å². The molecule has 1 aliphatic carbocycles. The summed E-state index contributed by atoms with van der Waals surface area (Å²) in [6.07, 6.45) is 7.83. The molecular weight excluding hydrogens is 236 g/mol. The topological polar surface area (TPSA) is 32.3 Å². The first-order chi connectivity index (χ1) is 9.28. The molecule has 0 spiro atoms. The monoisotopic (exact) mass is 254 g/mol. The molecule has 0 bridgehead atoms. The minimum atomic E-state index is 0.0690. The molecule has 0 aromatic heterocycles. The predicted molar refractivity (Wildman–Crippen MR) is 74.4 cm³/mol. The Bertz CT molecular complexity index is 540.